The molecular formula is C32H32F3N5O4. The molecule has 12 heteroatoms. The summed E-state index contributed by atoms with van der Waals surface area (Å²) in [6, 6.07) is 17.9. The van der Waals surface area contributed by atoms with E-state index in [0.717, 1.165) is 44.0 Å². The van der Waals surface area contributed by atoms with Gasteiger partial charge in [0.2, 0.25) is 5.95 Å². The molecule has 0 spiro atoms. The second-order valence-corrected chi connectivity index (χ2v) is 10.2. The van der Waals surface area contributed by atoms with Crippen LogP contribution in [0.2, 0.25) is 0 Å². The molecule has 230 valence electrons. The van der Waals surface area contributed by atoms with E-state index in [1.165, 1.54) is 24.3 Å². The average Bonchev–Trinajstić information content (AvgIpc) is 3.00. The van der Waals surface area contributed by atoms with Crippen LogP contribution in [0, 0.1) is 13.8 Å². The van der Waals surface area contributed by atoms with Gasteiger partial charge in [-0.15, -0.1) is 13.2 Å². The molecule has 0 bridgehead atoms. The van der Waals surface area contributed by atoms with Gasteiger partial charge in [0.1, 0.15) is 18.1 Å². The van der Waals surface area contributed by atoms with Crippen LogP contribution in [0.1, 0.15) is 21.5 Å². The molecular weight excluding hydrogens is 575 g/mol. The number of hydrogen-bond acceptors (Lipinski definition) is 8. The molecule has 1 aliphatic heterocycles. The Balaban J connectivity index is 1.19. The van der Waals surface area contributed by atoms with Gasteiger partial charge in [-0.2, -0.15) is 0 Å². The molecule has 2 N–H and O–H groups in total. The molecule has 1 amide bonds. The van der Waals surface area contributed by atoms with Gasteiger partial charge in [0.15, 0.2) is 0 Å². The van der Waals surface area contributed by atoms with Crippen molar-refractivity contribution in [1.29, 1.82) is 0 Å². The number of aryl methyl sites for hydroxylation is 2. The van der Waals surface area contributed by atoms with Gasteiger partial charge in [-0.25, -0.2) is 9.97 Å². The molecule has 0 unspecified atom stereocenters. The maximum Gasteiger partial charge on any atom is 0.573 e. The summed E-state index contributed by atoms with van der Waals surface area (Å²) in [5.41, 5.74) is 4.59. The largest absolute Gasteiger partial charge is 0.573 e. The number of aromatic nitrogens is 2. The predicted octanol–water partition coefficient (Wildman–Crippen LogP) is 6.37. The summed E-state index contributed by atoms with van der Waals surface area (Å²) < 4.78 is 52.7. The number of nitrogens with one attached hydrogen (secondary N) is 2. The van der Waals surface area contributed by atoms with Crippen LogP contribution in [0.15, 0.2) is 72.9 Å². The van der Waals surface area contributed by atoms with Crippen LogP contribution in [0.5, 0.6) is 11.5 Å². The van der Waals surface area contributed by atoms with Gasteiger partial charge >= 0.3 is 6.36 Å². The summed E-state index contributed by atoms with van der Waals surface area (Å²) in [6.45, 7) is 8.35. The molecule has 9 nitrogen and oxygen atoms in total. The van der Waals surface area contributed by atoms with Gasteiger partial charge in [0.25, 0.3) is 5.91 Å². The number of anilines is 3. The molecule has 1 saturated heterocycles. The van der Waals surface area contributed by atoms with E-state index in [4.69, 9.17) is 9.47 Å². The smallest absolute Gasteiger partial charge is 0.492 e. The van der Waals surface area contributed by atoms with E-state index in [0.29, 0.717) is 46.5 Å². The van der Waals surface area contributed by atoms with E-state index in [1.807, 2.05) is 32.0 Å². The molecule has 44 heavy (non-hydrogen) atoms. The summed E-state index contributed by atoms with van der Waals surface area (Å²) >= 11 is 0. The first-order valence-corrected chi connectivity index (χ1v) is 14.0. The van der Waals surface area contributed by atoms with E-state index in [-0.39, 0.29) is 11.7 Å². The highest BCUT2D eigenvalue weighted by Gasteiger charge is 2.31. The Bertz CT molecular complexity index is 1570. The maximum absolute atomic E-state index is 13.0. The molecule has 0 atom stereocenters. The van der Waals surface area contributed by atoms with E-state index in [1.54, 1.807) is 30.5 Å². The number of halogens is 3. The summed E-state index contributed by atoms with van der Waals surface area (Å²) in [6.07, 6.45) is -3.14. The zero-order valence-corrected chi connectivity index (χ0v) is 24.3. The van der Waals surface area contributed by atoms with Gasteiger partial charge in [0.05, 0.1) is 18.9 Å². The lowest BCUT2D eigenvalue weighted by Gasteiger charge is -2.26. The van der Waals surface area contributed by atoms with Crippen molar-refractivity contribution in [2.75, 3.05) is 50.1 Å². The number of morpholine rings is 1. The zero-order chi connectivity index (χ0) is 31.1. The Morgan fingerprint density at radius 2 is 1.66 bits per heavy atom. The van der Waals surface area contributed by atoms with Crippen LogP contribution in [0.4, 0.5) is 30.5 Å². The van der Waals surface area contributed by atoms with Crippen molar-refractivity contribution < 1.29 is 32.2 Å². The molecule has 4 aromatic rings. The van der Waals surface area contributed by atoms with Crippen LogP contribution < -0.4 is 20.1 Å². The molecule has 0 saturated carbocycles. The quantitative estimate of drug-likeness (QED) is 0.215. The topological polar surface area (TPSA) is 97.8 Å². The Labute approximate surface area is 253 Å². The van der Waals surface area contributed by atoms with Crippen LogP contribution in [0.25, 0.3) is 11.3 Å². The van der Waals surface area contributed by atoms with Crippen LogP contribution in [-0.2, 0) is 4.74 Å². The number of nitrogens with zero attached hydrogens (tertiary/aromatic N) is 3. The fourth-order valence-corrected chi connectivity index (χ4v) is 4.58. The molecule has 2 heterocycles. The minimum atomic E-state index is -4.76. The standard InChI is InChI=1S/C32H32F3N5O4/c1-21-3-10-27(43-18-15-40-13-16-42-17-14-40)19-28(21)38-30(41)24-4-8-25(9-5-24)37-31-36-20-22(2)29(39-31)23-6-11-26(12-7-23)44-32(33,34)35/h3-12,19-20H,13-18H2,1-2H3,(H,38,41)(H,36,37,39). The van der Waals surface area contributed by atoms with Crippen molar-refractivity contribution >= 4 is 23.2 Å². The Kier molecular flexibility index (Phi) is 9.61. The van der Waals surface area contributed by atoms with E-state index >= 15 is 0 Å². The third kappa shape index (κ3) is 8.45. The minimum absolute atomic E-state index is 0.267. The van der Waals surface area contributed by atoms with Gasteiger partial charge in [0, 0.05) is 54.4 Å². The fourth-order valence-electron chi connectivity index (χ4n) is 4.58. The second kappa shape index (κ2) is 13.7. The highest BCUT2D eigenvalue weighted by atomic mass is 19.4. The van der Waals surface area contributed by atoms with E-state index in [2.05, 4.69) is 30.2 Å². The summed E-state index contributed by atoms with van der Waals surface area (Å²) in [4.78, 5) is 24.2. The number of rotatable bonds is 10. The zero-order valence-electron chi connectivity index (χ0n) is 24.3. The molecule has 5 rings (SSSR count). The second-order valence-electron chi connectivity index (χ2n) is 10.2. The average molecular weight is 608 g/mol. The minimum Gasteiger partial charge on any atom is -0.492 e. The highest BCUT2D eigenvalue weighted by molar-refractivity contribution is 6.05. The maximum atomic E-state index is 13.0. The van der Waals surface area contributed by atoms with Gasteiger partial charge in [-0.3, -0.25) is 9.69 Å². The normalized spacial score (nSPS) is 13.8. The summed E-state index contributed by atoms with van der Waals surface area (Å²) in [7, 11) is 0. The number of amides is 1. The lowest BCUT2D eigenvalue weighted by Crippen LogP contribution is -2.38. The molecule has 1 aliphatic rings. The van der Waals surface area contributed by atoms with Crippen LogP contribution in [0.3, 0.4) is 0 Å². The third-order valence-corrected chi connectivity index (χ3v) is 6.97. The lowest BCUT2D eigenvalue weighted by atomic mass is 10.1. The number of ether oxygens (including phenoxy) is 3. The lowest BCUT2D eigenvalue weighted by molar-refractivity contribution is -0.274. The Morgan fingerprint density at radius 1 is 0.955 bits per heavy atom. The Hall–Kier alpha value is -4.68. The van der Waals surface area contributed by atoms with Crippen LogP contribution in [-0.4, -0.2) is 66.6 Å². The fraction of sp³-hybridized carbons (Fsp3) is 0.281. The van der Waals surface area contributed by atoms with Crippen molar-refractivity contribution in [3.05, 3.63) is 89.6 Å². The van der Waals surface area contributed by atoms with Crippen molar-refractivity contribution in [3.63, 3.8) is 0 Å². The summed E-state index contributed by atoms with van der Waals surface area (Å²) in [5, 5.41) is 6.07. The Morgan fingerprint density at radius 3 is 2.36 bits per heavy atom. The number of alkyl halides is 3. The number of carbonyl (C=O) groups excluding carboxylic acids is 1. The first kappa shape index (κ1) is 30.8. The van der Waals surface area contributed by atoms with E-state index < -0.39 is 6.36 Å². The predicted molar refractivity (Wildman–Crippen MR) is 160 cm³/mol. The molecule has 0 aliphatic carbocycles. The van der Waals surface area contributed by atoms with Gasteiger partial charge in [-0.1, -0.05) is 6.07 Å². The number of benzene rings is 3. The van der Waals surface area contributed by atoms with Crippen molar-refractivity contribution in [2.45, 2.75) is 20.2 Å². The van der Waals surface area contributed by atoms with Crippen molar-refractivity contribution in [2.24, 2.45) is 0 Å². The van der Waals surface area contributed by atoms with Gasteiger partial charge in [-0.05, 0) is 79.6 Å². The first-order valence-electron chi connectivity index (χ1n) is 14.0. The monoisotopic (exact) mass is 607 g/mol. The third-order valence-electron chi connectivity index (χ3n) is 6.97. The molecule has 1 aromatic heterocycles. The highest BCUT2D eigenvalue weighted by Crippen LogP contribution is 2.28. The SMILES string of the molecule is Cc1ccc(OCCN2CCOCC2)cc1NC(=O)c1ccc(Nc2ncc(C)c(-c3ccc(OC(F)(F)F)cc3)n2)cc1. The molecule has 1 fully saturated rings. The van der Waals surface area contributed by atoms with Crippen LogP contribution >= 0.6 is 0 Å². The van der Waals surface area contributed by atoms with Gasteiger partial charge < -0.3 is 24.8 Å². The summed E-state index contributed by atoms with van der Waals surface area (Å²) in [5.74, 6) is 0.393. The number of carbonyl (C=O) groups is 1. The number of hydrogen-bond donors (Lipinski definition) is 2. The molecule has 3 aromatic carbocycles. The van der Waals surface area contributed by atoms with Crippen molar-refractivity contribution in [3.8, 4) is 22.8 Å². The van der Waals surface area contributed by atoms with E-state index in [9.17, 15) is 18.0 Å². The first-order chi connectivity index (χ1) is 21.1. The molecule has 0 radical (unpaired) electrons. The van der Waals surface area contributed by atoms with Crippen molar-refractivity contribution in [1.82, 2.24) is 14.9 Å².